The van der Waals surface area contributed by atoms with Crippen molar-refractivity contribution in [1.29, 1.82) is 0 Å². The number of halogens is 3. The summed E-state index contributed by atoms with van der Waals surface area (Å²) >= 11 is 18.1. The minimum atomic E-state index is 0.438. The number of nitrogens with two attached hydrogens (primary N) is 1. The Morgan fingerprint density at radius 2 is 1.93 bits per heavy atom. The third kappa shape index (κ3) is 2.91. The van der Waals surface area contributed by atoms with Crippen LogP contribution in [-0.4, -0.2) is 0 Å². The van der Waals surface area contributed by atoms with Crippen LogP contribution in [0, 0.1) is 0 Å². The van der Waals surface area contributed by atoms with Gasteiger partial charge in [-0.1, -0.05) is 48.1 Å². The van der Waals surface area contributed by atoms with Gasteiger partial charge >= 0.3 is 0 Å². The van der Waals surface area contributed by atoms with Crippen LogP contribution in [0.15, 0.2) is 6.07 Å². The second-order valence-corrected chi connectivity index (χ2v) is 4.45. The molecule has 1 aromatic carbocycles. The van der Waals surface area contributed by atoms with Crippen LogP contribution in [0.3, 0.4) is 0 Å². The number of unbranched alkanes of at least 4 members (excludes halogenated alkanes) is 1. The number of benzene rings is 1. The summed E-state index contributed by atoms with van der Waals surface area (Å²) in [5.74, 6) is 5.34. The molecule has 0 radical (unpaired) electrons. The Kier molecular flexibility index (Phi) is 5.00. The monoisotopic (exact) mass is 266 g/mol. The van der Waals surface area contributed by atoms with Crippen LogP contribution in [0.4, 0.5) is 5.69 Å². The molecule has 15 heavy (non-hydrogen) atoms. The number of hydrogen-bond donors (Lipinski definition) is 2. The number of nitrogen functional groups attached to an aromatic ring is 1. The van der Waals surface area contributed by atoms with Crippen molar-refractivity contribution in [3.05, 3.63) is 26.7 Å². The highest BCUT2D eigenvalue weighted by molar-refractivity contribution is 6.42. The van der Waals surface area contributed by atoms with E-state index in [0.29, 0.717) is 20.8 Å². The lowest BCUT2D eigenvalue weighted by atomic mass is 10.1. The van der Waals surface area contributed by atoms with Crippen molar-refractivity contribution in [3.8, 4) is 0 Å². The van der Waals surface area contributed by atoms with E-state index in [1.807, 2.05) is 0 Å². The van der Waals surface area contributed by atoms with E-state index in [1.165, 1.54) is 0 Å². The zero-order chi connectivity index (χ0) is 11.4. The average Bonchev–Trinajstić information content (AvgIpc) is 2.17. The molecular formula is C10H13Cl3N2. The van der Waals surface area contributed by atoms with E-state index >= 15 is 0 Å². The molecule has 0 aliphatic carbocycles. The summed E-state index contributed by atoms with van der Waals surface area (Å²) in [4.78, 5) is 0. The summed E-state index contributed by atoms with van der Waals surface area (Å²) in [6, 6.07) is 1.66. The predicted molar refractivity (Wildman–Crippen MR) is 67.9 cm³/mol. The largest absolute Gasteiger partial charge is 0.321 e. The van der Waals surface area contributed by atoms with E-state index < -0.39 is 0 Å². The first-order chi connectivity index (χ1) is 7.11. The molecule has 0 bridgehead atoms. The molecule has 84 valence electrons. The van der Waals surface area contributed by atoms with Crippen LogP contribution in [0.1, 0.15) is 25.3 Å². The first-order valence-corrected chi connectivity index (χ1v) is 5.88. The minimum Gasteiger partial charge on any atom is -0.321 e. The molecule has 1 rings (SSSR count). The van der Waals surface area contributed by atoms with Crippen LogP contribution in [-0.2, 0) is 6.42 Å². The first-order valence-electron chi connectivity index (χ1n) is 4.74. The SMILES string of the molecule is CCCCc1c(Cl)cc(Cl)c(NN)c1Cl. The van der Waals surface area contributed by atoms with Crippen molar-refractivity contribution in [3.63, 3.8) is 0 Å². The van der Waals surface area contributed by atoms with Gasteiger partial charge in [-0.25, -0.2) is 0 Å². The van der Waals surface area contributed by atoms with Crippen LogP contribution >= 0.6 is 34.8 Å². The van der Waals surface area contributed by atoms with Gasteiger partial charge in [-0.3, -0.25) is 5.84 Å². The molecule has 0 unspecified atom stereocenters. The van der Waals surface area contributed by atoms with Crippen LogP contribution in [0.5, 0.6) is 0 Å². The van der Waals surface area contributed by atoms with E-state index in [9.17, 15) is 0 Å². The smallest absolute Gasteiger partial charge is 0.0864 e. The lowest BCUT2D eigenvalue weighted by Crippen LogP contribution is -2.09. The quantitative estimate of drug-likeness (QED) is 0.631. The standard InChI is InChI=1S/C10H13Cl3N2/c1-2-3-4-6-7(11)5-8(12)10(15-14)9(6)13/h5,15H,2-4,14H2,1H3. The highest BCUT2D eigenvalue weighted by Crippen LogP contribution is 2.38. The zero-order valence-electron chi connectivity index (χ0n) is 8.41. The molecule has 0 saturated carbocycles. The Hall–Kier alpha value is -0.150. The molecule has 0 aliphatic heterocycles. The van der Waals surface area contributed by atoms with Gasteiger partial charge in [0.1, 0.15) is 0 Å². The van der Waals surface area contributed by atoms with Crippen molar-refractivity contribution < 1.29 is 0 Å². The van der Waals surface area contributed by atoms with Gasteiger partial charge in [-0.05, 0) is 24.5 Å². The van der Waals surface area contributed by atoms with Crippen molar-refractivity contribution in [2.45, 2.75) is 26.2 Å². The molecule has 2 nitrogen and oxygen atoms in total. The minimum absolute atomic E-state index is 0.438. The number of anilines is 1. The van der Waals surface area contributed by atoms with E-state index in [0.717, 1.165) is 24.8 Å². The van der Waals surface area contributed by atoms with Crippen LogP contribution in [0.25, 0.3) is 0 Å². The molecule has 0 atom stereocenters. The van der Waals surface area contributed by atoms with Gasteiger partial charge < -0.3 is 5.43 Å². The van der Waals surface area contributed by atoms with Gasteiger partial charge in [0.25, 0.3) is 0 Å². The molecule has 0 saturated heterocycles. The fraction of sp³-hybridized carbons (Fsp3) is 0.400. The fourth-order valence-corrected chi connectivity index (χ4v) is 2.41. The van der Waals surface area contributed by atoms with E-state index in [-0.39, 0.29) is 0 Å². The number of hydrazine groups is 1. The number of hydrogen-bond acceptors (Lipinski definition) is 2. The van der Waals surface area contributed by atoms with Gasteiger partial charge in [0.05, 0.1) is 15.7 Å². The number of rotatable bonds is 4. The Bertz CT molecular complexity index is 353. The zero-order valence-corrected chi connectivity index (χ0v) is 10.7. The first kappa shape index (κ1) is 12.9. The van der Waals surface area contributed by atoms with Crippen molar-refractivity contribution in [2.24, 2.45) is 5.84 Å². The maximum atomic E-state index is 6.14. The molecule has 0 aromatic heterocycles. The molecule has 0 aliphatic rings. The predicted octanol–water partition coefficient (Wildman–Crippen LogP) is 4.28. The molecular weight excluding hydrogens is 254 g/mol. The van der Waals surface area contributed by atoms with Crippen LogP contribution < -0.4 is 11.3 Å². The summed E-state index contributed by atoms with van der Waals surface area (Å²) in [5, 5.41) is 1.55. The average molecular weight is 268 g/mol. The maximum Gasteiger partial charge on any atom is 0.0864 e. The lowest BCUT2D eigenvalue weighted by Gasteiger charge is -2.12. The van der Waals surface area contributed by atoms with Crippen molar-refractivity contribution in [1.82, 2.24) is 0 Å². The molecule has 5 heteroatoms. The number of nitrogens with one attached hydrogen (secondary N) is 1. The Balaban J connectivity index is 3.14. The van der Waals surface area contributed by atoms with Gasteiger partial charge in [0, 0.05) is 5.02 Å². The third-order valence-corrected chi connectivity index (χ3v) is 3.24. The summed E-state index contributed by atoms with van der Waals surface area (Å²) in [6.07, 6.45) is 2.95. The van der Waals surface area contributed by atoms with E-state index in [4.69, 9.17) is 40.6 Å². The molecule has 0 heterocycles. The van der Waals surface area contributed by atoms with Crippen molar-refractivity contribution in [2.75, 3.05) is 5.43 Å². The molecule has 1 aromatic rings. The summed E-state index contributed by atoms with van der Waals surface area (Å²) in [7, 11) is 0. The Morgan fingerprint density at radius 3 is 2.47 bits per heavy atom. The third-order valence-electron chi connectivity index (χ3n) is 2.19. The van der Waals surface area contributed by atoms with E-state index in [1.54, 1.807) is 6.07 Å². The Labute approximate surface area is 105 Å². The second kappa shape index (κ2) is 5.80. The van der Waals surface area contributed by atoms with Gasteiger partial charge in [-0.2, -0.15) is 0 Å². The molecule has 0 fully saturated rings. The van der Waals surface area contributed by atoms with Crippen molar-refractivity contribution >= 4 is 40.5 Å². The Morgan fingerprint density at radius 1 is 1.27 bits per heavy atom. The maximum absolute atomic E-state index is 6.14. The summed E-state index contributed by atoms with van der Waals surface area (Å²) < 4.78 is 0. The highest BCUT2D eigenvalue weighted by atomic mass is 35.5. The topological polar surface area (TPSA) is 38.0 Å². The summed E-state index contributed by atoms with van der Waals surface area (Å²) in [5.41, 5.74) is 3.92. The highest BCUT2D eigenvalue weighted by Gasteiger charge is 2.13. The normalized spacial score (nSPS) is 10.5. The van der Waals surface area contributed by atoms with Gasteiger partial charge in [-0.15, -0.1) is 0 Å². The van der Waals surface area contributed by atoms with Gasteiger partial charge in [0.2, 0.25) is 0 Å². The molecule has 0 amide bonds. The summed E-state index contributed by atoms with van der Waals surface area (Å²) in [6.45, 7) is 2.11. The second-order valence-electron chi connectivity index (χ2n) is 3.26. The lowest BCUT2D eigenvalue weighted by molar-refractivity contribution is 0.795. The van der Waals surface area contributed by atoms with E-state index in [2.05, 4.69) is 12.3 Å². The fourth-order valence-electron chi connectivity index (χ4n) is 1.35. The van der Waals surface area contributed by atoms with Crippen LogP contribution in [0.2, 0.25) is 15.1 Å². The molecule has 3 N–H and O–H groups in total. The molecule has 0 spiro atoms. The van der Waals surface area contributed by atoms with Gasteiger partial charge in [0.15, 0.2) is 0 Å².